The number of amides is 1. The molecule has 1 aliphatic carbocycles. The minimum atomic E-state index is -3.67. The minimum Gasteiger partial charge on any atom is -0.360 e. The molecule has 4 rings (SSSR count). The lowest BCUT2D eigenvalue weighted by Crippen LogP contribution is -2.37. The number of rotatable bonds is 4. The summed E-state index contributed by atoms with van der Waals surface area (Å²) >= 11 is 0. The van der Waals surface area contributed by atoms with Crippen molar-refractivity contribution in [3.05, 3.63) is 29.5 Å². The van der Waals surface area contributed by atoms with Crippen molar-refractivity contribution in [3.63, 3.8) is 0 Å². The van der Waals surface area contributed by atoms with Gasteiger partial charge >= 0.3 is 0 Å². The van der Waals surface area contributed by atoms with E-state index in [1.54, 1.807) is 29.5 Å². The standard InChI is InChI=1S/C17H23N5O4S/c1-12-18-16(11-20(12)2)27(24,25)22-7-3-6-21(8-9-22)17(23)14-10-15(26-19-14)13-4-5-13/h10-11,13H,3-9H2,1-2H3. The summed E-state index contributed by atoms with van der Waals surface area (Å²) in [5, 5.41) is 3.95. The van der Waals surface area contributed by atoms with Crippen molar-refractivity contribution in [2.75, 3.05) is 26.2 Å². The average Bonchev–Trinajstić information content (AvgIpc) is 3.34. The molecule has 2 aliphatic rings. The van der Waals surface area contributed by atoms with Crippen LogP contribution in [0.1, 0.15) is 47.3 Å². The molecule has 0 spiro atoms. The molecular weight excluding hydrogens is 370 g/mol. The Hall–Kier alpha value is -2.20. The zero-order valence-corrected chi connectivity index (χ0v) is 16.3. The van der Waals surface area contributed by atoms with Gasteiger partial charge in [-0.2, -0.15) is 4.31 Å². The molecule has 0 bridgehead atoms. The van der Waals surface area contributed by atoms with E-state index < -0.39 is 10.0 Å². The maximum atomic E-state index is 12.9. The van der Waals surface area contributed by atoms with Crippen molar-refractivity contribution in [1.82, 2.24) is 23.9 Å². The van der Waals surface area contributed by atoms with E-state index in [0.29, 0.717) is 43.5 Å². The van der Waals surface area contributed by atoms with Gasteiger partial charge in [-0.15, -0.1) is 0 Å². The van der Waals surface area contributed by atoms with E-state index in [4.69, 9.17) is 4.52 Å². The van der Waals surface area contributed by atoms with Gasteiger partial charge < -0.3 is 14.0 Å². The normalized spacial score (nSPS) is 19.3. The number of hydrogen-bond donors (Lipinski definition) is 0. The molecule has 1 amide bonds. The summed E-state index contributed by atoms with van der Waals surface area (Å²) in [5.41, 5.74) is 0.300. The third-order valence-electron chi connectivity index (χ3n) is 5.16. The summed E-state index contributed by atoms with van der Waals surface area (Å²) in [7, 11) is -1.91. The van der Waals surface area contributed by atoms with Crippen molar-refractivity contribution < 1.29 is 17.7 Å². The van der Waals surface area contributed by atoms with Crippen LogP contribution in [-0.2, 0) is 17.1 Å². The number of hydrogen-bond acceptors (Lipinski definition) is 6. The average molecular weight is 393 g/mol. The van der Waals surface area contributed by atoms with E-state index >= 15 is 0 Å². The van der Waals surface area contributed by atoms with Crippen molar-refractivity contribution in [2.45, 2.75) is 37.1 Å². The maximum absolute atomic E-state index is 12.9. The number of carbonyl (C=O) groups is 1. The molecule has 2 aromatic rings. The summed E-state index contributed by atoms with van der Waals surface area (Å²) in [5.74, 6) is 1.59. The van der Waals surface area contributed by atoms with Gasteiger partial charge in [0.25, 0.3) is 15.9 Å². The summed E-state index contributed by atoms with van der Waals surface area (Å²) < 4.78 is 34.1. The Morgan fingerprint density at radius 3 is 2.67 bits per heavy atom. The van der Waals surface area contributed by atoms with Crippen molar-refractivity contribution in [2.24, 2.45) is 7.05 Å². The number of aromatic nitrogens is 3. The Morgan fingerprint density at radius 2 is 2.00 bits per heavy atom. The molecule has 0 N–H and O–H groups in total. The van der Waals surface area contributed by atoms with Crippen LogP contribution in [0.4, 0.5) is 0 Å². The van der Waals surface area contributed by atoms with Crippen LogP contribution >= 0.6 is 0 Å². The molecule has 0 unspecified atom stereocenters. The lowest BCUT2D eigenvalue weighted by atomic mass is 10.2. The van der Waals surface area contributed by atoms with Gasteiger partial charge in [-0.1, -0.05) is 5.16 Å². The smallest absolute Gasteiger partial charge is 0.276 e. The van der Waals surface area contributed by atoms with Gasteiger partial charge in [0.05, 0.1) is 0 Å². The predicted molar refractivity (Wildman–Crippen MR) is 95.7 cm³/mol. The second kappa shape index (κ2) is 6.75. The third-order valence-corrected chi connectivity index (χ3v) is 6.93. The van der Waals surface area contributed by atoms with Crippen molar-refractivity contribution in [3.8, 4) is 0 Å². The van der Waals surface area contributed by atoms with E-state index in [1.807, 2.05) is 0 Å². The highest BCUT2D eigenvalue weighted by Gasteiger charge is 2.32. The molecule has 27 heavy (non-hydrogen) atoms. The van der Waals surface area contributed by atoms with Crippen LogP contribution in [0.3, 0.4) is 0 Å². The Morgan fingerprint density at radius 1 is 1.22 bits per heavy atom. The van der Waals surface area contributed by atoms with Gasteiger partial charge in [0.2, 0.25) is 0 Å². The number of nitrogens with zero attached hydrogens (tertiary/aromatic N) is 5. The summed E-state index contributed by atoms with van der Waals surface area (Å²) in [6.45, 7) is 3.15. The van der Waals surface area contributed by atoms with Gasteiger partial charge in [0.1, 0.15) is 11.6 Å². The van der Waals surface area contributed by atoms with Gasteiger partial charge in [-0.05, 0) is 26.2 Å². The number of aryl methyl sites for hydroxylation is 2. The Kier molecular flexibility index (Phi) is 4.55. The first kappa shape index (κ1) is 18.2. The fourth-order valence-corrected chi connectivity index (χ4v) is 4.73. The first-order valence-electron chi connectivity index (χ1n) is 9.12. The molecule has 0 atom stereocenters. The highest BCUT2D eigenvalue weighted by atomic mass is 32.2. The molecule has 9 nitrogen and oxygen atoms in total. The highest BCUT2D eigenvalue weighted by molar-refractivity contribution is 7.89. The monoisotopic (exact) mass is 393 g/mol. The second-order valence-corrected chi connectivity index (χ2v) is 9.06. The third kappa shape index (κ3) is 3.51. The fourth-order valence-electron chi connectivity index (χ4n) is 3.23. The number of sulfonamides is 1. The largest absolute Gasteiger partial charge is 0.360 e. The molecular formula is C17H23N5O4S. The maximum Gasteiger partial charge on any atom is 0.276 e. The van der Waals surface area contributed by atoms with Crippen LogP contribution in [0.5, 0.6) is 0 Å². The van der Waals surface area contributed by atoms with Crippen LogP contribution in [0.2, 0.25) is 0 Å². The lowest BCUT2D eigenvalue weighted by Gasteiger charge is -2.20. The number of carbonyl (C=O) groups excluding carboxylic acids is 1. The van der Waals surface area contributed by atoms with Crippen LogP contribution in [-0.4, -0.2) is 64.4 Å². The Balaban J connectivity index is 1.45. The van der Waals surface area contributed by atoms with Crippen LogP contribution < -0.4 is 0 Å². The Labute approximate surface area is 158 Å². The molecule has 3 heterocycles. The molecule has 2 aromatic heterocycles. The summed E-state index contributed by atoms with van der Waals surface area (Å²) in [6, 6.07) is 1.72. The van der Waals surface area contributed by atoms with Crippen molar-refractivity contribution >= 4 is 15.9 Å². The molecule has 1 saturated heterocycles. The van der Waals surface area contributed by atoms with Crippen LogP contribution in [0.25, 0.3) is 0 Å². The molecule has 146 valence electrons. The molecule has 2 fully saturated rings. The molecule has 1 saturated carbocycles. The quantitative estimate of drug-likeness (QED) is 0.772. The molecule has 0 aromatic carbocycles. The van der Waals surface area contributed by atoms with Gasteiger partial charge in [0, 0.05) is 51.4 Å². The van der Waals surface area contributed by atoms with Gasteiger partial charge in [0.15, 0.2) is 10.7 Å². The topological polar surface area (TPSA) is 102 Å². The highest BCUT2D eigenvalue weighted by Crippen LogP contribution is 2.40. The van der Waals surface area contributed by atoms with E-state index in [9.17, 15) is 13.2 Å². The first-order chi connectivity index (χ1) is 12.9. The van der Waals surface area contributed by atoms with Gasteiger partial charge in [-0.25, -0.2) is 13.4 Å². The summed E-state index contributed by atoms with van der Waals surface area (Å²) in [6.07, 6.45) is 4.23. The SMILES string of the molecule is Cc1nc(S(=O)(=O)N2CCCN(C(=O)c3cc(C4CC4)on3)CC2)cn1C. The van der Waals surface area contributed by atoms with E-state index in [2.05, 4.69) is 10.1 Å². The van der Waals surface area contributed by atoms with E-state index in [-0.39, 0.29) is 17.5 Å². The summed E-state index contributed by atoms with van der Waals surface area (Å²) in [4.78, 5) is 18.5. The van der Waals surface area contributed by atoms with Gasteiger partial charge in [-0.3, -0.25) is 4.79 Å². The molecule has 1 aliphatic heterocycles. The predicted octanol–water partition coefficient (Wildman–Crippen LogP) is 1.13. The molecule has 0 radical (unpaired) electrons. The lowest BCUT2D eigenvalue weighted by molar-refractivity contribution is 0.0753. The minimum absolute atomic E-state index is 0.0489. The van der Waals surface area contributed by atoms with E-state index in [0.717, 1.165) is 18.6 Å². The van der Waals surface area contributed by atoms with Crippen molar-refractivity contribution in [1.29, 1.82) is 0 Å². The van der Waals surface area contributed by atoms with E-state index in [1.165, 1.54) is 10.5 Å². The fraction of sp³-hybridized carbons (Fsp3) is 0.588. The molecule has 10 heteroatoms. The first-order valence-corrected chi connectivity index (χ1v) is 10.6. The van der Waals surface area contributed by atoms with Crippen LogP contribution in [0, 0.1) is 6.92 Å². The zero-order valence-electron chi connectivity index (χ0n) is 15.5. The Bertz CT molecular complexity index is 940. The second-order valence-electron chi connectivity index (χ2n) is 7.18. The number of imidazole rings is 1. The van der Waals surface area contributed by atoms with Crippen LogP contribution in [0.15, 0.2) is 21.8 Å². The zero-order chi connectivity index (χ0) is 19.2.